The van der Waals surface area contributed by atoms with E-state index in [9.17, 15) is 0 Å². The monoisotopic (exact) mass is 318 g/mol. The summed E-state index contributed by atoms with van der Waals surface area (Å²) >= 11 is 1.98. The number of benzene rings is 1. The molecule has 0 aliphatic carbocycles. The maximum Gasteiger partial charge on any atom is 0.170 e. The molecule has 15 heavy (non-hydrogen) atoms. The van der Waals surface area contributed by atoms with E-state index in [1.54, 1.807) is 0 Å². The van der Waals surface area contributed by atoms with Gasteiger partial charge in [0.2, 0.25) is 0 Å². The van der Waals surface area contributed by atoms with E-state index in [-0.39, 0.29) is 0 Å². The molecule has 1 aromatic rings. The Balaban J connectivity index is 3.32. The molecule has 2 heteroatoms. The second-order valence-electron chi connectivity index (χ2n) is 4.68. The van der Waals surface area contributed by atoms with Crippen molar-refractivity contribution < 1.29 is 4.39 Å². The lowest BCUT2D eigenvalue weighted by atomic mass is 9.74. The van der Waals surface area contributed by atoms with E-state index in [1.807, 2.05) is 73.7 Å². The summed E-state index contributed by atoms with van der Waals surface area (Å²) in [4.78, 5) is 0. The van der Waals surface area contributed by atoms with Crippen LogP contribution in [0.4, 0.5) is 4.39 Å². The molecule has 0 radical (unpaired) electrons. The molecule has 0 bridgehead atoms. The number of hydrogen-bond acceptors (Lipinski definition) is 0. The Labute approximate surface area is 105 Å². The SMILES string of the molecule is C=C(I)C(F)(c1ccccc1)C(C)(C)C. The van der Waals surface area contributed by atoms with E-state index in [0.29, 0.717) is 9.14 Å². The van der Waals surface area contributed by atoms with Crippen molar-refractivity contribution in [2.24, 2.45) is 5.41 Å². The third kappa shape index (κ3) is 2.25. The highest BCUT2D eigenvalue weighted by molar-refractivity contribution is 14.1. The average molecular weight is 318 g/mol. The lowest BCUT2D eigenvalue weighted by Gasteiger charge is -2.38. The van der Waals surface area contributed by atoms with Gasteiger partial charge in [0.15, 0.2) is 5.67 Å². The van der Waals surface area contributed by atoms with Crippen molar-refractivity contribution in [2.75, 3.05) is 0 Å². The summed E-state index contributed by atoms with van der Waals surface area (Å²) in [6.07, 6.45) is 0. The Morgan fingerprint density at radius 1 is 1.20 bits per heavy atom. The summed E-state index contributed by atoms with van der Waals surface area (Å²) in [5, 5.41) is 0. The fraction of sp³-hybridized carbons (Fsp3) is 0.385. The second kappa shape index (κ2) is 4.24. The van der Waals surface area contributed by atoms with E-state index in [4.69, 9.17) is 0 Å². The zero-order chi connectivity index (χ0) is 11.7. The molecule has 1 rings (SSSR count). The Morgan fingerprint density at radius 3 is 2.00 bits per heavy atom. The van der Waals surface area contributed by atoms with Gasteiger partial charge in [-0.3, -0.25) is 0 Å². The maximum absolute atomic E-state index is 15.0. The minimum Gasteiger partial charge on any atom is -0.232 e. The molecule has 0 saturated carbocycles. The summed E-state index contributed by atoms with van der Waals surface area (Å²) < 4.78 is 15.6. The first kappa shape index (κ1) is 12.7. The minimum atomic E-state index is -1.48. The number of hydrogen-bond donors (Lipinski definition) is 0. The van der Waals surface area contributed by atoms with E-state index in [2.05, 4.69) is 6.58 Å². The van der Waals surface area contributed by atoms with Crippen LogP contribution in [0.25, 0.3) is 0 Å². The van der Waals surface area contributed by atoms with Gasteiger partial charge in [0.25, 0.3) is 0 Å². The number of alkyl halides is 1. The van der Waals surface area contributed by atoms with Crippen molar-refractivity contribution in [3.8, 4) is 0 Å². The maximum atomic E-state index is 15.0. The van der Waals surface area contributed by atoms with Crippen LogP contribution in [0.2, 0.25) is 0 Å². The quantitative estimate of drug-likeness (QED) is 0.684. The molecule has 0 amide bonds. The van der Waals surface area contributed by atoms with E-state index in [0.717, 1.165) is 0 Å². The van der Waals surface area contributed by atoms with E-state index in [1.165, 1.54) is 0 Å². The highest BCUT2D eigenvalue weighted by Crippen LogP contribution is 2.49. The Hall–Kier alpha value is -0.380. The van der Waals surface area contributed by atoms with Crippen LogP contribution >= 0.6 is 22.6 Å². The van der Waals surface area contributed by atoms with Gasteiger partial charge in [0.05, 0.1) is 0 Å². The van der Waals surface area contributed by atoms with Crippen molar-refractivity contribution >= 4 is 22.6 Å². The van der Waals surface area contributed by atoms with Crippen LogP contribution < -0.4 is 0 Å². The first-order chi connectivity index (χ1) is 6.80. The Bertz CT molecular complexity index is 351. The number of halogens is 2. The molecule has 0 spiro atoms. The minimum absolute atomic E-state index is 0.493. The topological polar surface area (TPSA) is 0 Å². The number of allylic oxidation sites excluding steroid dienone is 1. The average Bonchev–Trinajstić information content (AvgIpc) is 2.16. The highest BCUT2D eigenvalue weighted by Gasteiger charge is 2.45. The van der Waals surface area contributed by atoms with Crippen molar-refractivity contribution in [3.05, 3.63) is 46.1 Å². The van der Waals surface area contributed by atoms with Gasteiger partial charge in [-0.05, 0) is 28.2 Å². The molecule has 1 unspecified atom stereocenters. The van der Waals surface area contributed by atoms with Crippen LogP contribution in [0.1, 0.15) is 26.3 Å². The van der Waals surface area contributed by atoms with Gasteiger partial charge in [-0.2, -0.15) is 0 Å². The van der Waals surface area contributed by atoms with Crippen LogP contribution in [0.5, 0.6) is 0 Å². The Kier molecular flexibility index (Phi) is 3.59. The summed E-state index contributed by atoms with van der Waals surface area (Å²) in [6, 6.07) is 9.23. The predicted molar refractivity (Wildman–Crippen MR) is 71.8 cm³/mol. The van der Waals surface area contributed by atoms with Gasteiger partial charge in [-0.15, -0.1) is 0 Å². The first-order valence-corrected chi connectivity index (χ1v) is 5.97. The summed E-state index contributed by atoms with van der Waals surface area (Å²) in [7, 11) is 0. The predicted octanol–water partition coefficient (Wildman–Crippen LogP) is 4.85. The number of rotatable bonds is 2. The fourth-order valence-corrected chi connectivity index (χ4v) is 2.78. The van der Waals surface area contributed by atoms with Gasteiger partial charge < -0.3 is 0 Å². The zero-order valence-electron chi connectivity index (χ0n) is 9.35. The van der Waals surface area contributed by atoms with E-state index < -0.39 is 11.1 Å². The molecule has 0 fully saturated rings. The summed E-state index contributed by atoms with van der Waals surface area (Å²) in [6.45, 7) is 9.46. The summed E-state index contributed by atoms with van der Waals surface area (Å²) in [5.41, 5.74) is -1.29. The van der Waals surface area contributed by atoms with Gasteiger partial charge in [0.1, 0.15) is 0 Å². The van der Waals surface area contributed by atoms with Crippen molar-refractivity contribution in [3.63, 3.8) is 0 Å². The van der Waals surface area contributed by atoms with Gasteiger partial charge >= 0.3 is 0 Å². The van der Waals surface area contributed by atoms with Gasteiger partial charge in [-0.25, -0.2) is 4.39 Å². The van der Waals surface area contributed by atoms with Crippen LogP contribution in [0.15, 0.2) is 40.5 Å². The molecule has 1 aromatic carbocycles. The molecule has 0 aliphatic rings. The largest absolute Gasteiger partial charge is 0.232 e. The van der Waals surface area contributed by atoms with Crippen LogP contribution in [0, 0.1) is 5.41 Å². The molecule has 82 valence electrons. The highest BCUT2D eigenvalue weighted by atomic mass is 127. The molecule has 0 saturated heterocycles. The van der Waals surface area contributed by atoms with Crippen molar-refractivity contribution in [1.29, 1.82) is 0 Å². The van der Waals surface area contributed by atoms with Crippen molar-refractivity contribution in [1.82, 2.24) is 0 Å². The van der Waals surface area contributed by atoms with Gasteiger partial charge in [0, 0.05) is 8.99 Å². The normalized spacial score (nSPS) is 15.8. The molecule has 1 atom stereocenters. The first-order valence-electron chi connectivity index (χ1n) is 4.89. The van der Waals surface area contributed by atoms with Crippen molar-refractivity contribution in [2.45, 2.75) is 26.4 Å². The third-order valence-corrected chi connectivity index (χ3v) is 3.32. The van der Waals surface area contributed by atoms with Crippen LogP contribution in [0.3, 0.4) is 0 Å². The lowest BCUT2D eigenvalue weighted by Crippen LogP contribution is -2.35. The molecular formula is C13H16FI. The van der Waals surface area contributed by atoms with Gasteiger partial charge in [-0.1, -0.05) is 57.7 Å². The molecule has 0 N–H and O–H groups in total. The second-order valence-corrected chi connectivity index (χ2v) is 5.98. The molecule has 0 heterocycles. The fourth-order valence-electron chi connectivity index (χ4n) is 1.66. The summed E-state index contributed by atoms with van der Waals surface area (Å²) in [5.74, 6) is 0. The standard InChI is InChI=1S/C13H16FI/c1-10(15)13(14,12(2,3)4)11-8-6-5-7-9-11/h5-9H,1H2,2-4H3. The van der Waals surface area contributed by atoms with Crippen LogP contribution in [-0.4, -0.2) is 0 Å². The van der Waals surface area contributed by atoms with Crippen LogP contribution in [-0.2, 0) is 5.67 Å². The Morgan fingerprint density at radius 2 is 1.67 bits per heavy atom. The molecule has 0 nitrogen and oxygen atoms in total. The third-order valence-electron chi connectivity index (χ3n) is 2.58. The zero-order valence-corrected chi connectivity index (χ0v) is 11.5. The smallest absolute Gasteiger partial charge is 0.170 e. The lowest BCUT2D eigenvalue weighted by molar-refractivity contribution is 0.0755. The molecule has 0 aliphatic heterocycles. The molecular weight excluding hydrogens is 302 g/mol. The van der Waals surface area contributed by atoms with E-state index >= 15 is 4.39 Å². The molecule has 0 aromatic heterocycles.